The van der Waals surface area contributed by atoms with Gasteiger partial charge in [-0.3, -0.25) is 4.68 Å². The molecule has 1 saturated carbocycles. The van der Waals surface area contributed by atoms with Gasteiger partial charge in [-0.05, 0) is 44.2 Å². The molecular formula is C14H25N3. The lowest BCUT2D eigenvalue weighted by Crippen LogP contribution is -2.35. The van der Waals surface area contributed by atoms with Gasteiger partial charge in [0, 0.05) is 25.5 Å². The summed E-state index contributed by atoms with van der Waals surface area (Å²) in [6, 6.07) is 2.15. The molecule has 0 atom stereocenters. The first-order valence-electron chi connectivity index (χ1n) is 6.87. The van der Waals surface area contributed by atoms with E-state index in [0.29, 0.717) is 5.41 Å². The first-order chi connectivity index (χ1) is 8.26. The van der Waals surface area contributed by atoms with E-state index in [1.165, 1.54) is 50.8 Å². The van der Waals surface area contributed by atoms with Gasteiger partial charge in [-0.1, -0.05) is 19.3 Å². The predicted molar refractivity (Wildman–Crippen MR) is 71.0 cm³/mol. The molecule has 0 amide bonds. The number of nitrogens with one attached hydrogen (secondary N) is 1. The van der Waals surface area contributed by atoms with Crippen molar-refractivity contribution in [2.75, 3.05) is 13.6 Å². The number of aromatic nitrogens is 2. The number of rotatable bonds is 5. The number of hydrogen-bond donors (Lipinski definition) is 1. The molecule has 0 aliphatic heterocycles. The molecule has 1 fully saturated rings. The molecule has 0 radical (unpaired) electrons. The average molecular weight is 235 g/mol. The molecule has 2 rings (SSSR count). The highest BCUT2D eigenvalue weighted by molar-refractivity contribution is 5.01. The third-order valence-electron chi connectivity index (χ3n) is 4.30. The van der Waals surface area contributed by atoms with Gasteiger partial charge in [0.1, 0.15) is 0 Å². The largest absolute Gasteiger partial charge is 0.319 e. The zero-order chi connectivity index (χ0) is 12.1. The lowest BCUT2D eigenvalue weighted by molar-refractivity contribution is 0.170. The summed E-state index contributed by atoms with van der Waals surface area (Å²) >= 11 is 0. The van der Waals surface area contributed by atoms with Crippen molar-refractivity contribution in [1.82, 2.24) is 15.1 Å². The fourth-order valence-corrected chi connectivity index (χ4v) is 3.23. The van der Waals surface area contributed by atoms with E-state index in [9.17, 15) is 0 Å². The van der Waals surface area contributed by atoms with Gasteiger partial charge in [-0.25, -0.2) is 0 Å². The standard InChI is InChI=1S/C14H25N3/c1-15-12-14(8-4-3-5-9-14)10-6-13-7-11-16-17(13)2/h7,11,15H,3-6,8-10,12H2,1-2H3. The van der Waals surface area contributed by atoms with Crippen molar-refractivity contribution in [3.8, 4) is 0 Å². The lowest BCUT2D eigenvalue weighted by Gasteiger charge is -2.37. The number of aryl methyl sites for hydroxylation is 2. The van der Waals surface area contributed by atoms with Crippen LogP contribution in [-0.2, 0) is 13.5 Å². The van der Waals surface area contributed by atoms with E-state index in [1.54, 1.807) is 0 Å². The first-order valence-corrected chi connectivity index (χ1v) is 6.87. The van der Waals surface area contributed by atoms with Crippen LogP contribution in [0.3, 0.4) is 0 Å². The fourth-order valence-electron chi connectivity index (χ4n) is 3.23. The molecular weight excluding hydrogens is 210 g/mol. The fraction of sp³-hybridized carbons (Fsp3) is 0.786. The summed E-state index contributed by atoms with van der Waals surface area (Å²) in [5.41, 5.74) is 1.91. The van der Waals surface area contributed by atoms with E-state index < -0.39 is 0 Å². The van der Waals surface area contributed by atoms with Crippen LogP contribution in [0.1, 0.15) is 44.2 Å². The first kappa shape index (κ1) is 12.6. The summed E-state index contributed by atoms with van der Waals surface area (Å²) in [7, 11) is 4.13. The maximum Gasteiger partial charge on any atom is 0.0492 e. The van der Waals surface area contributed by atoms with Gasteiger partial charge < -0.3 is 5.32 Å². The highest BCUT2D eigenvalue weighted by Crippen LogP contribution is 2.39. The Morgan fingerprint density at radius 3 is 2.71 bits per heavy atom. The highest BCUT2D eigenvalue weighted by atomic mass is 15.2. The minimum absolute atomic E-state index is 0.539. The smallest absolute Gasteiger partial charge is 0.0492 e. The van der Waals surface area contributed by atoms with E-state index in [0.717, 1.165) is 6.42 Å². The summed E-state index contributed by atoms with van der Waals surface area (Å²) in [5.74, 6) is 0. The van der Waals surface area contributed by atoms with Gasteiger partial charge in [-0.2, -0.15) is 5.10 Å². The Morgan fingerprint density at radius 1 is 1.35 bits per heavy atom. The summed E-state index contributed by atoms with van der Waals surface area (Å²) in [4.78, 5) is 0. The normalized spacial score (nSPS) is 19.4. The zero-order valence-electron chi connectivity index (χ0n) is 11.2. The number of nitrogens with zero attached hydrogens (tertiary/aromatic N) is 2. The Kier molecular flexibility index (Phi) is 4.21. The molecule has 0 aromatic carbocycles. The molecule has 1 aromatic heterocycles. The Hall–Kier alpha value is -0.830. The summed E-state index contributed by atoms with van der Waals surface area (Å²) < 4.78 is 2.01. The molecule has 0 unspecified atom stereocenters. The highest BCUT2D eigenvalue weighted by Gasteiger charge is 2.30. The van der Waals surface area contributed by atoms with Gasteiger partial charge in [0.25, 0.3) is 0 Å². The Morgan fingerprint density at radius 2 is 2.12 bits per heavy atom. The van der Waals surface area contributed by atoms with Crippen molar-refractivity contribution in [2.45, 2.75) is 44.9 Å². The van der Waals surface area contributed by atoms with Crippen LogP contribution in [0.2, 0.25) is 0 Å². The van der Waals surface area contributed by atoms with Crippen molar-refractivity contribution in [3.05, 3.63) is 18.0 Å². The third kappa shape index (κ3) is 3.09. The number of hydrogen-bond acceptors (Lipinski definition) is 2. The maximum atomic E-state index is 4.25. The topological polar surface area (TPSA) is 29.9 Å². The second-order valence-corrected chi connectivity index (χ2v) is 5.54. The summed E-state index contributed by atoms with van der Waals surface area (Å²) in [5, 5.41) is 7.65. The van der Waals surface area contributed by atoms with Gasteiger partial charge >= 0.3 is 0 Å². The van der Waals surface area contributed by atoms with Gasteiger partial charge in [-0.15, -0.1) is 0 Å². The van der Waals surface area contributed by atoms with Crippen LogP contribution in [0.5, 0.6) is 0 Å². The minimum Gasteiger partial charge on any atom is -0.319 e. The molecule has 1 N–H and O–H groups in total. The molecule has 1 heterocycles. The second-order valence-electron chi connectivity index (χ2n) is 5.54. The van der Waals surface area contributed by atoms with Crippen LogP contribution in [0.25, 0.3) is 0 Å². The van der Waals surface area contributed by atoms with Gasteiger partial charge in [0.05, 0.1) is 0 Å². The molecule has 0 saturated heterocycles. The molecule has 3 heteroatoms. The van der Waals surface area contributed by atoms with Crippen molar-refractivity contribution in [3.63, 3.8) is 0 Å². The summed E-state index contributed by atoms with van der Waals surface area (Å²) in [6.07, 6.45) is 11.4. The maximum absolute atomic E-state index is 4.25. The molecule has 1 aliphatic carbocycles. The van der Waals surface area contributed by atoms with Gasteiger partial charge in [0.2, 0.25) is 0 Å². The Bertz CT molecular complexity index is 331. The van der Waals surface area contributed by atoms with Crippen LogP contribution in [0.15, 0.2) is 12.3 Å². The van der Waals surface area contributed by atoms with Crippen LogP contribution in [0.4, 0.5) is 0 Å². The van der Waals surface area contributed by atoms with E-state index in [1.807, 2.05) is 17.9 Å². The quantitative estimate of drug-likeness (QED) is 0.850. The zero-order valence-corrected chi connectivity index (χ0v) is 11.2. The van der Waals surface area contributed by atoms with Gasteiger partial charge in [0.15, 0.2) is 0 Å². The minimum atomic E-state index is 0.539. The monoisotopic (exact) mass is 235 g/mol. The molecule has 17 heavy (non-hydrogen) atoms. The molecule has 0 spiro atoms. The molecule has 1 aliphatic rings. The Balaban J connectivity index is 1.95. The van der Waals surface area contributed by atoms with Crippen molar-refractivity contribution in [2.24, 2.45) is 12.5 Å². The van der Waals surface area contributed by atoms with E-state index in [2.05, 4.69) is 23.5 Å². The van der Waals surface area contributed by atoms with Crippen LogP contribution in [-0.4, -0.2) is 23.4 Å². The van der Waals surface area contributed by atoms with Crippen molar-refractivity contribution >= 4 is 0 Å². The van der Waals surface area contributed by atoms with Crippen LogP contribution >= 0.6 is 0 Å². The second kappa shape index (κ2) is 5.67. The lowest BCUT2D eigenvalue weighted by atomic mass is 9.71. The summed E-state index contributed by atoms with van der Waals surface area (Å²) in [6.45, 7) is 1.17. The van der Waals surface area contributed by atoms with E-state index >= 15 is 0 Å². The average Bonchev–Trinajstić information content (AvgIpc) is 2.74. The van der Waals surface area contributed by atoms with Crippen LogP contribution in [0, 0.1) is 5.41 Å². The third-order valence-corrected chi connectivity index (χ3v) is 4.30. The van der Waals surface area contributed by atoms with Crippen molar-refractivity contribution < 1.29 is 0 Å². The SMILES string of the molecule is CNCC1(CCc2ccnn2C)CCCCC1. The molecule has 1 aromatic rings. The Labute approximate surface area is 105 Å². The van der Waals surface area contributed by atoms with Crippen molar-refractivity contribution in [1.29, 1.82) is 0 Å². The molecule has 0 bridgehead atoms. The van der Waals surface area contributed by atoms with E-state index in [4.69, 9.17) is 0 Å². The predicted octanol–water partition coefficient (Wildman–Crippen LogP) is 2.52. The van der Waals surface area contributed by atoms with E-state index in [-0.39, 0.29) is 0 Å². The molecule has 3 nitrogen and oxygen atoms in total. The molecule has 96 valence electrons. The van der Waals surface area contributed by atoms with Crippen LogP contribution < -0.4 is 5.32 Å².